The van der Waals surface area contributed by atoms with Crippen LogP contribution in [0.25, 0.3) is 0 Å². The van der Waals surface area contributed by atoms with Gasteiger partial charge in [-0.1, -0.05) is 18.2 Å². The zero-order chi connectivity index (χ0) is 25.8. The number of primary sulfonamides is 1. The minimum atomic E-state index is -3.90. The lowest BCUT2D eigenvalue weighted by Crippen LogP contribution is -2.53. The lowest BCUT2D eigenvalue weighted by molar-refractivity contribution is -0.140. The summed E-state index contributed by atoms with van der Waals surface area (Å²) in [5.74, 6) is -0.802. The van der Waals surface area contributed by atoms with Crippen molar-refractivity contribution in [3.8, 4) is 0 Å². The minimum Gasteiger partial charge on any atom is -0.324 e. The molecule has 1 heterocycles. The van der Waals surface area contributed by atoms with Gasteiger partial charge in [-0.2, -0.15) is 0 Å². The standard InChI is InChI=1S/C21H26ClN5O6S2/c1-14-2-5-17(26-20(28)13-27-21(29)10-16(22)12-24-27)11-19(14)35(32,33)25-9-8-15-3-6-18(7-4-15)34(23,30)31/h2-7,11,16,24-25H,8-10,12-13H2,1H3,(H,26,28)(H2,23,30,31). The van der Waals surface area contributed by atoms with Crippen LogP contribution in [0.2, 0.25) is 0 Å². The molecule has 190 valence electrons. The van der Waals surface area contributed by atoms with E-state index in [9.17, 15) is 26.4 Å². The Hall–Kier alpha value is -2.55. The number of carbonyl (C=O) groups is 2. The van der Waals surface area contributed by atoms with Crippen molar-refractivity contribution in [2.45, 2.75) is 34.9 Å². The summed E-state index contributed by atoms with van der Waals surface area (Å²) in [6.45, 7) is 1.80. The zero-order valence-electron chi connectivity index (χ0n) is 18.8. The molecule has 3 rings (SSSR count). The van der Waals surface area contributed by atoms with Crippen LogP contribution in [-0.2, 0) is 36.1 Å². The van der Waals surface area contributed by atoms with Gasteiger partial charge in [0.25, 0.3) is 0 Å². The largest absolute Gasteiger partial charge is 0.324 e. The third-order valence-corrected chi connectivity index (χ3v) is 8.06. The summed E-state index contributed by atoms with van der Waals surface area (Å²) in [5.41, 5.74) is 4.24. The molecule has 1 unspecified atom stereocenters. The smallest absolute Gasteiger partial charge is 0.245 e. The van der Waals surface area contributed by atoms with Crippen molar-refractivity contribution in [3.63, 3.8) is 0 Å². The highest BCUT2D eigenvalue weighted by Crippen LogP contribution is 2.20. The van der Waals surface area contributed by atoms with Gasteiger partial charge in [-0.3, -0.25) is 14.6 Å². The van der Waals surface area contributed by atoms with Gasteiger partial charge < -0.3 is 5.32 Å². The van der Waals surface area contributed by atoms with E-state index in [4.69, 9.17) is 16.7 Å². The van der Waals surface area contributed by atoms with Crippen LogP contribution in [-0.4, -0.2) is 58.7 Å². The van der Waals surface area contributed by atoms with E-state index in [0.29, 0.717) is 18.5 Å². The van der Waals surface area contributed by atoms with Crippen molar-refractivity contribution < 1.29 is 26.4 Å². The molecule has 2 aromatic carbocycles. The molecule has 0 aliphatic carbocycles. The Bertz CT molecular complexity index is 1320. The number of nitrogens with one attached hydrogen (secondary N) is 3. The summed E-state index contributed by atoms with van der Waals surface area (Å²) in [7, 11) is -7.70. The summed E-state index contributed by atoms with van der Waals surface area (Å²) in [4.78, 5) is 24.3. The van der Waals surface area contributed by atoms with E-state index in [1.54, 1.807) is 31.2 Å². The molecule has 1 fully saturated rings. The summed E-state index contributed by atoms with van der Waals surface area (Å²) in [6, 6.07) is 10.3. The molecular weight excluding hydrogens is 518 g/mol. The third kappa shape index (κ3) is 7.46. The number of benzene rings is 2. The Morgan fingerprint density at radius 1 is 1.17 bits per heavy atom. The first kappa shape index (κ1) is 27.0. The van der Waals surface area contributed by atoms with Gasteiger partial charge >= 0.3 is 0 Å². The van der Waals surface area contributed by atoms with Gasteiger partial charge in [-0.05, 0) is 48.7 Å². The number of anilines is 1. The molecule has 1 atom stereocenters. The van der Waals surface area contributed by atoms with Crippen LogP contribution < -0.4 is 20.6 Å². The van der Waals surface area contributed by atoms with Gasteiger partial charge in [0.1, 0.15) is 6.54 Å². The number of nitrogens with zero attached hydrogens (tertiary/aromatic N) is 1. The molecule has 0 radical (unpaired) electrons. The first-order chi connectivity index (χ1) is 16.3. The Morgan fingerprint density at radius 3 is 2.49 bits per heavy atom. The summed E-state index contributed by atoms with van der Waals surface area (Å²) in [6.07, 6.45) is 0.441. The number of hydrazine groups is 1. The maximum Gasteiger partial charge on any atom is 0.245 e. The normalized spacial score (nSPS) is 16.8. The Kier molecular flexibility index (Phi) is 8.51. The third-order valence-electron chi connectivity index (χ3n) is 5.22. The van der Waals surface area contributed by atoms with Crippen LogP contribution in [0.5, 0.6) is 0 Å². The number of carbonyl (C=O) groups excluding carboxylic acids is 2. The number of rotatable bonds is 9. The monoisotopic (exact) mass is 543 g/mol. The fourth-order valence-corrected chi connectivity index (χ4v) is 5.39. The maximum absolute atomic E-state index is 12.9. The van der Waals surface area contributed by atoms with E-state index in [2.05, 4.69) is 15.5 Å². The zero-order valence-corrected chi connectivity index (χ0v) is 21.2. The highest BCUT2D eigenvalue weighted by Gasteiger charge is 2.26. The van der Waals surface area contributed by atoms with Gasteiger partial charge in [0.15, 0.2) is 0 Å². The Labute approximate surface area is 209 Å². The van der Waals surface area contributed by atoms with Crippen LogP contribution in [0.1, 0.15) is 17.5 Å². The number of hydrogen-bond acceptors (Lipinski definition) is 7. The molecule has 0 spiro atoms. The van der Waals surface area contributed by atoms with E-state index in [-0.39, 0.29) is 46.3 Å². The summed E-state index contributed by atoms with van der Waals surface area (Å²) in [5, 5.41) is 8.52. The number of aryl methyl sites for hydroxylation is 1. The van der Waals surface area contributed by atoms with Crippen LogP contribution in [0, 0.1) is 6.92 Å². The number of halogens is 1. The average Bonchev–Trinajstić information content (AvgIpc) is 2.76. The lowest BCUT2D eigenvalue weighted by Gasteiger charge is -2.29. The number of hydrogen-bond donors (Lipinski definition) is 4. The van der Waals surface area contributed by atoms with Crippen molar-refractivity contribution in [3.05, 3.63) is 53.6 Å². The van der Waals surface area contributed by atoms with Gasteiger partial charge in [0.05, 0.1) is 15.2 Å². The van der Waals surface area contributed by atoms with Gasteiger partial charge in [0, 0.05) is 25.2 Å². The topological polar surface area (TPSA) is 168 Å². The predicted molar refractivity (Wildman–Crippen MR) is 130 cm³/mol. The van der Waals surface area contributed by atoms with E-state index >= 15 is 0 Å². The van der Waals surface area contributed by atoms with Crippen molar-refractivity contribution in [1.82, 2.24) is 15.2 Å². The van der Waals surface area contributed by atoms with Gasteiger partial charge in [-0.15, -0.1) is 11.6 Å². The molecule has 0 aromatic heterocycles. The highest BCUT2D eigenvalue weighted by atomic mass is 35.5. The van der Waals surface area contributed by atoms with Crippen molar-refractivity contribution in [2.24, 2.45) is 5.14 Å². The van der Waals surface area contributed by atoms with Crippen molar-refractivity contribution in [1.29, 1.82) is 0 Å². The lowest BCUT2D eigenvalue weighted by atomic mass is 10.2. The first-order valence-corrected chi connectivity index (χ1v) is 14.0. The van der Waals surface area contributed by atoms with E-state index in [1.807, 2.05) is 0 Å². The van der Waals surface area contributed by atoms with Crippen molar-refractivity contribution in [2.75, 3.05) is 25.0 Å². The van der Waals surface area contributed by atoms with Crippen LogP contribution in [0.15, 0.2) is 52.3 Å². The fourth-order valence-electron chi connectivity index (χ4n) is 3.38. The fraction of sp³-hybridized carbons (Fsp3) is 0.333. The molecule has 0 bridgehead atoms. The SMILES string of the molecule is Cc1ccc(NC(=O)CN2NCC(Cl)CC2=O)cc1S(=O)(=O)NCCc1ccc(S(N)(=O)=O)cc1. The first-order valence-electron chi connectivity index (χ1n) is 10.5. The molecule has 1 aliphatic rings. The number of amides is 2. The second kappa shape index (κ2) is 11.0. The molecule has 1 saturated heterocycles. The molecule has 0 saturated carbocycles. The molecule has 1 aliphatic heterocycles. The Balaban J connectivity index is 1.61. The van der Waals surface area contributed by atoms with E-state index < -0.39 is 26.0 Å². The molecule has 35 heavy (non-hydrogen) atoms. The van der Waals surface area contributed by atoms with Crippen LogP contribution >= 0.6 is 11.6 Å². The molecule has 14 heteroatoms. The molecular formula is C21H26ClN5O6S2. The molecule has 5 N–H and O–H groups in total. The molecule has 2 amide bonds. The number of alkyl halides is 1. The summed E-state index contributed by atoms with van der Waals surface area (Å²) < 4.78 is 50.9. The van der Waals surface area contributed by atoms with Gasteiger partial charge in [-0.25, -0.2) is 32.1 Å². The van der Waals surface area contributed by atoms with Crippen molar-refractivity contribution >= 4 is 49.1 Å². The minimum absolute atomic E-state index is 0.00275. The second-order valence-corrected chi connectivity index (χ2v) is 11.9. The Morgan fingerprint density at radius 2 is 1.86 bits per heavy atom. The number of nitrogens with two attached hydrogens (primary N) is 1. The highest BCUT2D eigenvalue weighted by molar-refractivity contribution is 7.89. The number of sulfonamides is 2. The van der Waals surface area contributed by atoms with E-state index in [0.717, 1.165) is 5.56 Å². The van der Waals surface area contributed by atoms with Gasteiger partial charge in [0.2, 0.25) is 31.9 Å². The molecule has 2 aromatic rings. The second-order valence-electron chi connectivity index (χ2n) is 8.01. The molecule has 11 nitrogen and oxygen atoms in total. The maximum atomic E-state index is 12.9. The van der Waals surface area contributed by atoms with Crippen LogP contribution in [0.4, 0.5) is 5.69 Å². The van der Waals surface area contributed by atoms with E-state index in [1.165, 1.54) is 23.2 Å². The average molecular weight is 544 g/mol. The van der Waals surface area contributed by atoms with Crippen LogP contribution in [0.3, 0.4) is 0 Å². The quantitative estimate of drug-likeness (QED) is 0.333. The summed E-state index contributed by atoms with van der Waals surface area (Å²) >= 11 is 5.91. The predicted octanol–water partition coefficient (Wildman–Crippen LogP) is 0.446.